The molecule has 0 unspecified atom stereocenters. The summed E-state index contributed by atoms with van der Waals surface area (Å²) in [6.07, 6.45) is -3.95. The third-order valence-corrected chi connectivity index (χ3v) is 2.09. The smallest absolute Gasteiger partial charge is 0.384 e. The van der Waals surface area contributed by atoms with E-state index in [1.165, 1.54) is 6.07 Å². The van der Waals surface area contributed by atoms with E-state index < -0.39 is 17.6 Å². The normalized spacial score (nSPS) is 11.5. The van der Waals surface area contributed by atoms with Gasteiger partial charge in [0.1, 0.15) is 5.84 Å². The molecule has 0 amide bonds. The first-order chi connectivity index (χ1) is 6.86. The first-order valence-electron chi connectivity index (χ1n) is 4.40. The van der Waals surface area contributed by atoms with Crippen LogP contribution >= 0.6 is 0 Å². The van der Waals surface area contributed by atoms with Gasteiger partial charge in [-0.15, -0.1) is 0 Å². The number of amidine groups is 1. The first kappa shape index (κ1) is 11.6. The molecule has 0 bridgehead atoms. The van der Waals surface area contributed by atoms with Crippen LogP contribution in [0.5, 0.6) is 0 Å². The average Bonchev–Trinajstić information content (AvgIpc) is 2.15. The van der Waals surface area contributed by atoms with Crippen LogP contribution in [-0.2, 0) is 12.6 Å². The van der Waals surface area contributed by atoms with Crippen LogP contribution < -0.4 is 5.73 Å². The highest BCUT2D eigenvalue weighted by molar-refractivity contribution is 5.96. The van der Waals surface area contributed by atoms with Gasteiger partial charge in [0.25, 0.3) is 0 Å². The van der Waals surface area contributed by atoms with Gasteiger partial charge in [-0.1, -0.05) is 19.1 Å². The number of nitrogens with one attached hydrogen (secondary N) is 1. The Morgan fingerprint density at radius 3 is 2.40 bits per heavy atom. The van der Waals surface area contributed by atoms with Crippen LogP contribution in [0.15, 0.2) is 18.2 Å². The van der Waals surface area contributed by atoms with Crippen molar-refractivity contribution in [2.24, 2.45) is 5.73 Å². The van der Waals surface area contributed by atoms with Gasteiger partial charge < -0.3 is 5.73 Å². The molecule has 0 aliphatic heterocycles. The van der Waals surface area contributed by atoms with Crippen molar-refractivity contribution in [3.63, 3.8) is 0 Å². The van der Waals surface area contributed by atoms with E-state index in [1.54, 1.807) is 13.0 Å². The molecular weight excluding hydrogens is 205 g/mol. The number of nitrogens with two attached hydrogens (primary N) is 1. The first-order valence-corrected chi connectivity index (χ1v) is 4.40. The minimum absolute atomic E-state index is 0.264. The molecule has 15 heavy (non-hydrogen) atoms. The van der Waals surface area contributed by atoms with Gasteiger partial charge in [-0.05, 0) is 18.1 Å². The van der Waals surface area contributed by atoms with Crippen molar-refractivity contribution in [3.05, 3.63) is 34.9 Å². The van der Waals surface area contributed by atoms with Gasteiger partial charge in [-0.25, -0.2) is 0 Å². The predicted octanol–water partition coefficient (Wildman–Crippen LogP) is 2.55. The minimum atomic E-state index is -4.47. The summed E-state index contributed by atoms with van der Waals surface area (Å²) in [6, 6.07) is 3.83. The van der Waals surface area contributed by atoms with E-state index in [9.17, 15) is 13.2 Å². The average molecular weight is 216 g/mol. The van der Waals surface area contributed by atoms with Gasteiger partial charge in [-0.2, -0.15) is 13.2 Å². The highest BCUT2D eigenvalue weighted by Gasteiger charge is 2.34. The fourth-order valence-electron chi connectivity index (χ4n) is 1.28. The molecule has 0 radical (unpaired) electrons. The fraction of sp³-hybridized carbons (Fsp3) is 0.300. The van der Waals surface area contributed by atoms with Gasteiger partial charge in [0.05, 0.1) is 5.56 Å². The molecule has 2 nitrogen and oxygen atoms in total. The van der Waals surface area contributed by atoms with Crippen LogP contribution in [0.1, 0.15) is 23.6 Å². The summed E-state index contributed by atoms with van der Waals surface area (Å²) < 4.78 is 37.7. The van der Waals surface area contributed by atoms with Gasteiger partial charge in [0, 0.05) is 5.56 Å². The lowest BCUT2D eigenvalue weighted by Crippen LogP contribution is -2.19. The van der Waals surface area contributed by atoms with Gasteiger partial charge in [0.15, 0.2) is 0 Å². The lowest BCUT2D eigenvalue weighted by Gasteiger charge is -2.13. The highest BCUT2D eigenvalue weighted by atomic mass is 19.4. The number of rotatable bonds is 2. The molecule has 0 atom stereocenters. The zero-order chi connectivity index (χ0) is 11.6. The third kappa shape index (κ3) is 2.49. The molecule has 0 fully saturated rings. The van der Waals surface area contributed by atoms with Gasteiger partial charge in [0.2, 0.25) is 0 Å². The zero-order valence-electron chi connectivity index (χ0n) is 8.15. The topological polar surface area (TPSA) is 49.9 Å². The lowest BCUT2D eigenvalue weighted by molar-refractivity contribution is -0.137. The summed E-state index contributed by atoms with van der Waals surface area (Å²) in [5, 5.41) is 7.06. The van der Waals surface area contributed by atoms with Crippen molar-refractivity contribution in [2.75, 3.05) is 0 Å². The molecule has 0 aliphatic rings. The summed E-state index contributed by atoms with van der Waals surface area (Å²) in [5.41, 5.74) is 4.56. The van der Waals surface area contributed by atoms with Gasteiger partial charge in [-0.3, -0.25) is 5.41 Å². The Hall–Kier alpha value is -1.52. The zero-order valence-corrected chi connectivity index (χ0v) is 8.15. The summed E-state index contributed by atoms with van der Waals surface area (Å²) in [4.78, 5) is 0. The second-order valence-electron chi connectivity index (χ2n) is 3.14. The Morgan fingerprint density at radius 1 is 1.40 bits per heavy atom. The van der Waals surface area contributed by atoms with Crippen molar-refractivity contribution < 1.29 is 13.2 Å². The minimum Gasteiger partial charge on any atom is -0.384 e. The Morgan fingerprint density at radius 2 is 2.00 bits per heavy atom. The van der Waals surface area contributed by atoms with Crippen LogP contribution in [-0.4, -0.2) is 5.84 Å². The van der Waals surface area contributed by atoms with E-state index in [0.29, 0.717) is 12.0 Å². The molecule has 82 valence electrons. The maximum Gasteiger partial charge on any atom is 0.417 e. The van der Waals surface area contributed by atoms with Crippen molar-refractivity contribution in [3.8, 4) is 0 Å². The summed E-state index contributed by atoms with van der Waals surface area (Å²) in [5.74, 6) is -0.565. The molecule has 0 saturated carbocycles. The quantitative estimate of drug-likeness (QED) is 0.579. The number of nitrogen functional groups attached to an aromatic ring is 1. The number of hydrogen-bond donors (Lipinski definition) is 2. The molecule has 1 aromatic carbocycles. The third-order valence-electron chi connectivity index (χ3n) is 2.09. The maximum atomic E-state index is 12.6. The second kappa shape index (κ2) is 3.92. The molecular formula is C10H11F3N2. The van der Waals surface area contributed by atoms with Crippen molar-refractivity contribution in [1.82, 2.24) is 0 Å². The van der Waals surface area contributed by atoms with E-state index >= 15 is 0 Å². The molecule has 0 aliphatic carbocycles. The molecule has 0 saturated heterocycles. The molecule has 1 aromatic rings. The van der Waals surface area contributed by atoms with E-state index in [0.717, 1.165) is 6.07 Å². The number of hydrogen-bond acceptors (Lipinski definition) is 1. The Labute approximate surface area is 85.4 Å². The Kier molecular flexibility index (Phi) is 3.02. The van der Waals surface area contributed by atoms with Crippen molar-refractivity contribution in [2.45, 2.75) is 19.5 Å². The van der Waals surface area contributed by atoms with E-state index in [4.69, 9.17) is 11.1 Å². The predicted molar refractivity (Wildman–Crippen MR) is 51.8 cm³/mol. The number of alkyl halides is 3. The Balaban J connectivity index is 3.36. The van der Waals surface area contributed by atoms with Gasteiger partial charge >= 0.3 is 6.18 Å². The number of aryl methyl sites for hydroxylation is 1. The number of benzene rings is 1. The molecule has 0 aromatic heterocycles. The fourth-order valence-corrected chi connectivity index (χ4v) is 1.28. The Bertz CT molecular complexity index is 383. The highest BCUT2D eigenvalue weighted by Crippen LogP contribution is 2.32. The van der Waals surface area contributed by atoms with Crippen LogP contribution in [0.25, 0.3) is 0 Å². The SMILES string of the molecule is CCc1ccc(C(=N)N)c(C(F)(F)F)c1. The molecule has 1 rings (SSSR count). The standard InChI is InChI=1S/C10H11F3N2/c1-2-6-3-4-7(9(14)15)8(5-6)10(11,12)13/h3-5H,2H2,1H3,(H3,14,15). The van der Waals surface area contributed by atoms with E-state index in [1.807, 2.05) is 0 Å². The van der Waals surface area contributed by atoms with Crippen molar-refractivity contribution in [1.29, 1.82) is 5.41 Å². The van der Waals surface area contributed by atoms with Crippen LogP contribution in [0.2, 0.25) is 0 Å². The molecule has 5 heteroatoms. The molecule has 3 N–H and O–H groups in total. The van der Waals surface area contributed by atoms with E-state index in [-0.39, 0.29) is 5.56 Å². The van der Waals surface area contributed by atoms with Crippen LogP contribution in [0, 0.1) is 5.41 Å². The second-order valence-corrected chi connectivity index (χ2v) is 3.14. The largest absolute Gasteiger partial charge is 0.417 e. The van der Waals surface area contributed by atoms with Crippen LogP contribution in [0.4, 0.5) is 13.2 Å². The number of halogens is 3. The van der Waals surface area contributed by atoms with Crippen LogP contribution in [0.3, 0.4) is 0 Å². The summed E-state index contributed by atoms with van der Waals surface area (Å²) in [7, 11) is 0. The molecule has 0 spiro atoms. The van der Waals surface area contributed by atoms with E-state index in [2.05, 4.69) is 0 Å². The summed E-state index contributed by atoms with van der Waals surface area (Å²) >= 11 is 0. The lowest BCUT2D eigenvalue weighted by atomic mass is 10.0. The summed E-state index contributed by atoms with van der Waals surface area (Å²) in [6.45, 7) is 1.77. The maximum absolute atomic E-state index is 12.6. The van der Waals surface area contributed by atoms with Crippen molar-refractivity contribution >= 4 is 5.84 Å². The molecule has 0 heterocycles. The monoisotopic (exact) mass is 216 g/mol.